The van der Waals surface area contributed by atoms with Gasteiger partial charge < -0.3 is 9.88 Å². The lowest BCUT2D eigenvalue weighted by molar-refractivity contribution is -0.116. The predicted molar refractivity (Wildman–Crippen MR) is 109 cm³/mol. The first-order valence-electron chi connectivity index (χ1n) is 9.07. The number of carbonyl (C=O) groups excluding carboxylic acids is 1. The molecule has 0 saturated carbocycles. The fourth-order valence-electron chi connectivity index (χ4n) is 2.83. The highest BCUT2D eigenvalue weighted by atomic mass is 16.2. The molecular formula is C21H19N7O. The Morgan fingerprint density at radius 2 is 1.72 bits per heavy atom. The van der Waals surface area contributed by atoms with Crippen molar-refractivity contribution in [2.75, 3.05) is 5.32 Å². The van der Waals surface area contributed by atoms with Crippen molar-refractivity contribution in [1.82, 2.24) is 29.5 Å². The highest BCUT2D eigenvalue weighted by Gasteiger charge is 2.11. The molecule has 0 fully saturated rings. The van der Waals surface area contributed by atoms with Gasteiger partial charge in [-0.1, -0.05) is 0 Å². The molecular weight excluding hydrogens is 366 g/mol. The molecule has 0 unspecified atom stereocenters. The third-order valence-corrected chi connectivity index (χ3v) is 4.39. The second kappa shape index (κ2) is 7.97. The lowest BCUT2D eigenvalue weighted by Crippen LogP contribution is -2.19. The van der Waals surface area contributed by atoms with Gasteiger partial charge in [-0.25, -0.2) is 9.97 Å². The third-order valence-electron chi connectivity index (χ3n) is 4.39. The van der Waals surface area contributed by atoms with Crippen LogP contribution in [0.1, 0.15) is 11.5 Å². The number of amides is 1. The van der Waals surface area contributed by atoms with Crippen LogP contribution in [0.5, 0.6) is 0 Å². The molecule has 0 saturated heterocycles. The molecule has 0 spiro atoms. The van der Waals surface area contributed by atoms with E-state index >= 15 is 0 Å². The molecule has 0 bridgehead atoms. The molecule has 0 aromatic carbocycles. The van der Waals surface area contributed by atoms with Crippen molar-refractivity contribution >= 4 is 11.7 Å². The van der Waals surface area contributed by atoms with E-state index in [1.165, 1.54) is 0 Å². The number of pyridine rings is 2. The molecule has 0 atom stereocenters. The van der Waals surface area contributed by atoms with Gasteiger partial charge >= 0.3 is 0 Å². The van der Waals surface area contributed by atoms with E-state index in [1.54, 1.807) is 41.6 Å². The van der Waals surface area contributed by atoms with Gasteiger partial charge in [0.1, 0.15) is 18.2 Å². The van der Waals surface area contributed by atoms with Gasteiger partial charge in [-0.05, 0) is 38.1 Å². The number of nitrogens with zero attached hydrogens (tertiary/aromatic N) is 6. The minimum atomic E-state index is -0.182. The summed E-state index contributed by atoms with van der Waals surface area (Å²) in [6, 6.07) is 7.49. The van der Waals surface area contributed by atoms with E-state index in [-0.39, 0.29) is 12.5 Å². The summed E-state index contributed by atoms with van der Waals surface area (Å²) in [6.07, 6.45) is 10.2. The lowest BCUT2D eigenvalue weighted by Gasteiger charge is -2.07. The maximum absolute atomic E-state index is 12.4. The molecule has 0 aliphatic heterocycles. The van der Waals surface area contributed by atoms with Crippen molar-refractivity contribution in [3.05, 3.63) is 73.0 Å². The Hall–Kier alpha value is -3.94. The summed E-state index contributed by atoms with van der Waals surface area (Å²) < 4.78 is 1.80. The minimum Gasteiger partial charge on any atom is -0.325 e. The van der Waals surface area contributed by atoms with E-state index in [1.807, 2.05) is 38.2 Å². The lowest BCUT2D eigenvalue weighted by atomic mass is 10.2. The fourth-order valence-corrected chi connectivity index (χ4v) is 2.83. The summed E-state index contributed by atoms with van der Waals surface area (Å²) >= 11 is 0. The fraction of sp³-hybridized carbons (Fsp3) is 0.143. The van der Waals surface area contributed by atoms with Gasteiger partial charge in [0.2, 0.25) is 5.91 Å². The van der Waals surface area contributed by atoms with Gasteiger partial charge in [-0.15, -0.1) is 0 Å². The Kier molecular flexibility index (Phi) is 5.07. The van der Waals surface area contributed by atoms with E-state index in [9.17, 15) is 4.79 Å². The Morgan fingerprint density at radius 3 is 2.41 bits per heavy atom. The minimum absolute atomic E-state index is 0.145. The van der Waals surface area contributed by atoms with Gasteiger partial charge in [-0.3, -0.25) is 19.7 Å². The van der Waals surface area contributed by atoms with Gasteiger partial charge in [0, 0.05) is 47.8 Å². The highest BCUT2D eigenvalue weighted by molar-refractivity contribution is 5.89. The zero-order valence-electron chi connectivity index (χ0n) is 16.1. The van der Waals surface area contributed by atoms with Crippen molar-refractivity contribution in [1.29, 1.82) is 0 Å². The van der Waals surface area contributed by atoms with Crippen LogP contribution in [0.2, 0.25) is 0 Å². The number of hydrogen-bond donors (Lipinski definition) is 1. The molecule has 4 aromatic rings. The molecule has 4 heterocycles. The van der Waals surface area contributed by atoms with E-state index in [4.69, 9.17) is 0 Å². The van der Waals surface area contributed by atoms with E-state index < -0.39 is 0 Å². The highest BCUT2D eigenvalue weighted by Crippen LogP contribution is 2.19. The molecule has 0 radical (unpaired) electrons. The molecule has 8 heteroatoms. The zero-order chi connectivity index (χ0) is 20.2. The number of hydrogen-bond acceptors (Lipinski definition) is 6. The first kappa shape index (κ1) is 18.4. The normalized spacial score (nSPS) is 10.7. The van der Waals surface area contributed by atoms with Crippen molar-refractivity contribution in [2.24, 2.45) is 0 Å². The van der Waals surface area contributed by atoms with Crippen LogP contribution < -0.4 is 5.32 Å². The van der Waals surface area contributed by atoms with Crippen molar-refractivity contribution in [3.8, 4) is 22.5 Å². The zero-order valence-corrected chi connectivity index (χ0v) is 16.1. The van der Waals surface area contributed by atoms with Gasteiger partial charge in [-0.2, -0.15) is 0 Å². The summed E-state index contributed by atoms with van der Waals surface area (Å²) in [5.74, 6) is 1.05. The van der Waals surface area contributed by atoms with Crippen LogP contribution in [0.15, 0.2) is 61.4 Å². The van der Waals surface area contributed by atoms with Crippen LogP contribution in [-0.4, -0.2) is 35.4 Å². The monoisotopic (exact) mass is 385 g/mol. The Morgan fingerprint density at radius 1 is 0.931 bits per heavy atom. The second-order valence-electron chi connectivity index (χ2n) is 6.56. The topological polar surface area (TPSA) is 98.5 Å². The number of aryl methyl sites for hydroxylation is 2. The van der Waals surface area contributed by atoms with Crippen LogP contribution in [0.3, 0.4) is 0 Å². The summed E-state index contributed by atoms with van der Waals surface area (Å²) in [6.45, 7) is 3.95. The Labute approximate surface area is 167 Å². The molecule has 0 aliphatic rings. The summed E-state index contributed by atoms with van der Waals surface area (Å²) in [7, 11) is 0. The largest absolute Gasteiger partial charge is 0.325 e. The quantitative estimate of drug-likeness (QED) is 0.567. The standard InChI is InChI=1S/C21H19N7O/c1-14-3-4-17(9-24-14)19-12-28(15(2)26-19)13-21(29)27-20-6-5-16(10-25-20)18-11-22-7-8-23-18/h3-12H,13H2,1-2H3,(H,25,27,29). The molecule has 4 aromatic heterocycles. The molecule has 1 N–H and O–H groups in total. The number of carbonyl (C=O) groups is 1. The summed E-state index contributed by atoms with van der Waals surface area (Å²) in [4.78, 5) is 33.8. The maximum atomic E-state index is 12.4. The first-order chi connectivity index (χ1) is 14.1. The van der Waals surface area contributed by atoms with E-state index in [2.05, 4.69) is 30.2 Å². The Balaban J connectivity index is 1.43. The number of nitrogens with one attached hydrogen (secondary N) is 1. The number of imidazole rings is 1. The van der Waals surface area contributed by atoms with Crippen LogP contribution >= 0.6 is 0 Å². The number of anilines is 1. The van der Waals surface area contributed by atoms with Crippen LogP contribution in [-0.2, 0) is 11.3 Å². The number of aromatic nitrogens is 6. The molecule has 29 heavy (non-hydrogen) atoms. The van der Waals surface area contributed by atoms with Crippen molar-refractivity contribution in [2.45, 2.75) is 20.4 Å². The maximum Gasteiger partial charge on any atom is 0.245 e. The molecule has 144 valence electrons. The molecule has 1 amide bonds. The average molecular weight is 385 g/mol. The molecule has 4 rings (SSSR count). The molecule has 8 nitrogen and oxygen atoms in total. The first-order valence-corrected chi connectivity index (χ1v) is 9.07. The van der Waals surface area contributed by atoms with Crippen LogP contribution in [0, 0.1) is 13.8 Å². The number of rotatable bonds is 5. The van der Waals surface area contributed by atoms with E-state index in [0.29, 0.717) is 5.82 Å². The van der Waals surface area contributed by atoms with Crippen LogP contribution in [0.25, 0.3) is 22.5 Å². The Bertz CT molecular complexity index is 1120. The van der Waals surface area contributed by atoms with Crippen LogP contribution in [0.4, 0.5) is 5.82 Å². The average Bonchev–Trinajstić information content (AvgIpc) is 3.10. The SMILES string of the molecule is Cc1ccc(-c2cn(CC(=O)Nc3ccc(-c4cnccn4)cn3)c(C)n2)cn1. The second-order valence-corrected chi connectivity index (χ2v) is 6.56. The predicted octanol–water partition coefficient (Wildman–Crippen LogP) is 3.05. The molecule has 0 aliphatic carbocycles. The van der Waals surface area contributed by atoms with Gasteiger partial charge in [0.15, 0.2) is 0 Å². The third kappa shape index (κ3) is 4.32. The van der Waals surface area contributed by atoms with Crippen molar-refractivity contribution in [3.63, 3.8) is 0 Å². The van der Waals surface area contributed by atoms with E-state index in [0.717, 1.165) is 34.0 Å². The summed E-state index contributed by atoms with van der Waals surface area (Å²) in [5.41, 5.74) is 4.21. The van der Waals surface area contributed by atoms with Gasteiger partial charge in [0.05, 0.1) is 17.6 Å². The smallest absolute Gasteiger partial charge is 0.245 e. The van der Waals surface area contributed by atoms with Crippen molar-refractivity contribution < 1.29 is 4.79 Å². The summed E-state index contributed by atoms with van der Waals surface area (Å²) in [5, 5.41) is 2.81. The van der Waals surface area contributed by atoms with Gasteiger partial charge in [0.25, 0.3) is 0 Å².